The average molecular weight is 313 g/mol. The van der Waals surface area contributed by atoms with Crippen molar-refractivity contribution in [2.45, 2.75) is 26.1 Å². The Morgan fingerprint density at radius 2 is 1.57 bits per heavy atom. The Balaban J connectivity index is 1.76. The Morgan fingerprint density at radius 3 is 2.09 bits per heavy atom. The van der Waals surface area contributed by atoms with Crippen molar-refractivity contribution in [1.29, 1.82) is 0 Å². The van der Waals surface area contributed by atoms with Crippen LogP contribution >= 0.6 is 0 Å². The topological polar surface area (TPSA) is 54.4 Å². The van der Waals surface area contributed by atoms with E-state index in [0.717, 1.165) is 30.0 Å². The normalized spacial score (nSPS) is 21.3. The van der Waals surface area contributed by atoms with Crippen LogP contribution in [-0.4, -0.2) is 54.3 Å². The van der Waals surface area contributed by atoms with Crippen LogP contribution in [0.25, 0.3) is 11.1 Å². The number of rotatable bonds is 3. The third kappa shape index (κ3) is 3.59. The molecule has 0 bridgehead atoms. The van der Waals surface area contributed by atoms with Crippen molar-refractivity contribution in [3.05, 3.63) is 30.7 Å². The molecule has 0 aliphatic carbocycles. The van der Waals surface area contributed by atoms with Crippen LogP contribution in [0.15, 0.2) is 30.7 Å². The van der Waals surface area contributed by atoms with Gasteiger partial charge in [-0.3, -0.25) is 0 Å². The number of morpholine rings is 1. The van der Waals surface area contributed by atoms with Crippen molar-refractivity contribution in [2.75, 3.05) is 37.0 Å². The minimum atomic E-state index is 0.229. The third-order valence-corrected chi connectivity index (χ3v) is 3.86. The van der Waals surface area contributed by atoms with Crippen molar-refractivity contribution in [2.24, 2.45) is 0 Å². The number of anilines is 2. The fourth-order valence-corrected chi connectivity index (χ4v) is 2.81. The molecule has 0 saturated carbocycles. The maximum atomic E-state index is 5.77. The van der Waals surface area contributed by atoms with Gasteiger partial charge in [0.2, 0.25) is 5.95 Å². The van der Waals surface area contributed by atoms with Gasteiger partial charge in [0.05, 0.1) is 12.2 Å². The van der Waals surface area contributed by atoms with Crippen LogP contribution in [0.3, 0.4) is 0 Å². The van der Waals surface area contributed by atoms with E-state index in [2.05, 4.69) is 45.8 Å². The predicted octanol–water partition coefficient (Wildman–Crippen LogP) is 2.22. The molecule has 0 N–H and O–H groups in total. The molecule has 2 aromatic heterocycles. The van der Waals surface area contributed by atoms with Gasteiger partial charge in [0, 0.05) is 56.9 Å². The summed E-state index contributed by atoms with van der Waals surface area (Å²) in [5, 5.41) is 0. The van der Waals surface area contributed by atoms with Crippen LogP contribution in [-0.2, 0) is 4.74 Å². The first-order valence-electron chi connectivity index (χ1n) is 7.89. The fourth-order valence-electron chi connectivity index (χ4n) is 2.81. The average Bonchev–Trinajstić information content (AvgIpc) is 2.54. The Bertz CT molecular complexity index is 631. The van der Waals surface area contributed by atoms with Gasteiger partial charge in [0.1, 0.15) is 5.82 Å². The van der Waals surface area contributed by atoms with Gasteiger partial charge in [-0.25, -0.2) is 15.0 Å². The van der Waals surface area contributed by atoms with E-state index in [-0.39, 0.29) is 12.2 Å². The number of nitrogens with zero attached hydrogens (tertiary/aromatic N) is 5. The number of hydrogen-bond acceptors (Lipinski definition) is 6. The molecule has 1 fully saturated rings. The minimum absolute atomic E-state index is 0.229. The van der Waals surface area contributed by atoms with E-state index in [1.807, 2.05) is 37.6 Å². The summed E-state index contributed by atoms with van der Waals surface area (Å²) in [4.78, 5) is 17.5. The fraction of sp³-hybridized carbons (Fsp3) is 0.471. The van der Waals surface area contributed by atoms with E-state index >= 15 is 0 Å². The molecule has 0 unspecified atom stereocenters. The quantitative estimate of drug-likeness (QED) is 0.866. The Hall–Kier alpha value is -2.21. The molecule has 1 aliphatic heterocycles. The van der Waals surface area contributed by atoms with Crippen LogP contribution in [0.5, 0.6) is 0 Å². The van der Waals surface area contributed by atoms with Crippen molar-refractivity contribution in [1.82, 2.24) is 15.0 Å². The van der Waals surface area contributed by atoms with E-state index in [9.17, 15) is 0 Å². The lowest BCUT2D eigenvalue weighted by molar-refractivity contribution is -0.00545. The molecule has 6 nitrogen and oxygen atoms in total. The largest absolute Gasteiger partial charge is 0.372 e. The number of ether oxygens (including phenoxy) is 1. The van der Waals surface area contributed by atoms with Crippen LogP contribution in [0.4, 0.5) is 11.8 Å². The van der Waals surface area contributed by atoms with Crippen molar-refractivity contribution >= 4 is 11.8 Å². The van der Waals surface area contributed by atoms with Gasteiger partial charge in [0.15, 0.2) is 0 Å². The lowest BCUT2D eigenvalue weighted by Gasteiger charge is -2.36. The molecule has 3 heterocycles. The summed E-state index contributed by atoms with van der Waals surface area (Å²) >= 11 is 0. The smallest absolute Gasteiger partial charge is 0.224 e. The summed E-state index contributed by atoms with van der Waals surface area (Å²) in [6.45, 7) is 5.94. The van der Waals surface area contributed by atoms with Crippen molar-refractivity contribution < 1.29 is 4.74 Å². The molecule has 3 rings (SSSR count). The highest BCUT2D eigenvalue weighted by molar-refractivity contribution is 5.62. The molecule has 1 aliphatic rings. The molecule has 122 valence electrons. The molecule has 23 heavy (non-hydrogen) atoms. The van der Waals surface area contributed by atoms with Crippen LogP contribution in [0.2, 0.25) is 0 Å². The summed E-state index contributed by atoms with van der Waals surface area (Å²) in [5.74, 6) is 1.69. The first-order chi connectivity index (χ1) is 11.0. The van der Waals surface area contributed by atoms with Gasteiger partial charge >= 0.3 is 0 Å². The first kappa shape index (κ1) is 15.7. The van der Waals surface area contributed by atoms with E-state index in [4.69, 9.17) is 4.74 Å². The molecule has 6 heteroatoms. The molecule has 0 spiro atoms. The molecule has 2 atom stereocenters. The lowest BCUT2D eigenvalue weighted by Crippen LogP contribution is -2.45. The van der Waals surface area contributed by atoms with E-state index in [1.54, 1.807) is 0 Å². The molecular weight excluding hydrogens is 290 g/mol. The zero-order valence-corrected chi connectivity index (χ0v) is 14.1. The van der Waals surface area contributed by atoms with Crippen LogP contribution < -0.4 is 9.80 Å². The van der Waals surface area contributed by atoms with Gasteiger partial charge in [-0.15, -0.1) is 0 Å². The maximum Gasteiger partial charge on any atom is 0.224 e. The highest BCUT2D eigenvalue weighted by Crippen LogP contribution is 2.22. The first-order valence-corrected chi connectivity index (χ1v) is 7.89. The summed E-state index contributed by atoms with van der Waals surface area (Å²) in [5.41, 5.74) is 1.99. The highest BCUT2D eigenvalue weighted by atomic mass is 16.5. The standard InChI is InChI=1S/C17H23N5O/c1-12-10-22(11-13(2)23-12)16-6-5-14(7-18-16)15-8-19-17(20-9-15)21(3)4/h5-9,12-13H,10-11H2,1-4H3/t12-,13+. The lowest BCUT2D eigenvalue weighted by atomic mass is 10.1. The Kier molecular flexibility index (Phi) is 4.43. The molecule has 0 radical (unpaired) electrons. The zero-order chi connectivity index (χ0) is 16.4. The number of aromatic nitrogens is 3. The monoisotopic (exact) mass is 313 g/mol. The summed E-state index contributed by atoms with van der Waals surface area (Å²) in [7, 11) is 3.85. The van der Waals surface area contributed by atoms with Gasteiger partial charge in [-0.05, 0) is 26.0 Å². The Morgan fingerprint density at radius 1 is 0.957 bits per heavy atom. The van der Waals surface area contributed by atoms with Gasteiger partial charge < -0.3 is 14.5 Å². The number of pyridine rings is 1. The van der Waals surface area contributed by atoms with Crippen LogP contribution in [0, 0.1) is 0 Å². The molecule has 0 aromatic carbocycles. The maximum absolute atomic E-state index is 5.77. The van der Waals surface area contributed by atoms with Gasteiger partial charge in [-0.2, -0.15) is 0 Å². The van der Waals surface area contributed by atoms with Gasteiger partial charge in [-0.1, -0.05) is 0 Å². The van der Waals surface area contributed by atoms with Gasteiger partial charge in [0.25, 0.3) is 0 Å². The molecule has 1 saturated heterocycles. The summed E-state index contributed by atoms with van der Waals surface area (Å²) in [6, 6.07) is 4.13. The Labute approximate surface area is 137 Å². The van der Waals surface area contributed by atoms with E-state index in [1.165, 1.54) is 0 Å². The molecular formula is C17H23N5O. The SMILES string of the molecule is C[C@@H]1CN(c2ccc(-c3cnc(N(C)C)nc3)cn2)C[C@H](C)O1. The summed E-state index contributed by atoms with van der Waals surface area (Å²) < 4.78 is 5.77. The second kappa shape index (κ2) is 6.50. The minimum Gasteiger partial charge on any atom is -0.372 e. The third-order valence-electron chi connectivity index (χ3n) is 3.86. The summed E-state index contributed by atoms with van der Waals surface area (Å²) in [6.07, 6.45) is 6.00. The second-order valence-corrected chi connectivity index (χ2v) is 6.23. The van der Waals surface area contributed by atoms with E-state index in [0.29, 0.717) is 5.95 Å². The molecule has 2 aromatic rings. The highest BCUT2D eigenvalue weighted by Gasteiger charge is 2.23. The van der Waals surface area contributed by atoms with Crippen LogP contribution in [0.1, 0.15) is 13.8 Å². The number of hydrogen-bond donors (Lipinski definition) is 0. The molecule has 0 amide bonds. The zero-order valence-electron chi connectivity index (χ0n) is 14.1. The second-order valence-electron chi connectivity index (χ2n) is 6.23. The predicted molar refractivity (Wildman–Crippen MR) is 91.8 cm³/mol. The van der Waals surface area contributed by atoms with E-state index < -0.39 is 0 Å². The van der Waals surface area contributed by atoms with Crippen molar-refractivity contribution in [3.8, 4) is 11.1 Å². The van der Waals surface area contributed by atoms with Crippen molar-refractivity contribution in [3.63, 3.8) is 0 Å².